The van der Waals surface area contributed by atoms with Crippen molar-refractivity contribution >= 4 is 34.8 Å². The third-order valence-electron chi connectivity index (χ3n) is 4.97. The highest BCUT2D eigenvalue weighted by atomic mass is 35.5. The first kappa shape index (κ1) is 19.8. The smallest absolute Gasteiger partial charge is 0.266 e. The number of hydrogen-bond acceptors (Lipinski definition) is 2. The summed E-state index contributed by atoms with van der Waals surface area (Å²) in [5.74, 6) is 1.87. The molecule has 0 saturated heterocycles. The molecule has 2 aromatic carbocycles. The number of nitrogens with one attached hydrogen (secondary N) is 1. The Bertz CT molecular complexity index is 1040. The van der Waals surface area contributed by atoms with E-state index < -0.39 is 0 Å². The van der Waals surface area contributed by atoms with Crippen molar-refractivity contribution in [2.75, 3.05) is 11.9 Å². The topological polar surface area (TPSA) is 47.1 Å². The molecule has 0 atom stereocenters. The van der Waals surface area contributed by atoms with Gasteiger partial charge in [0.1, 0.15) is 11.9 Å². The lowest BCUT2D eigenvalue weighted by Crippen LogP contribution is -2.42. The fourth-order valence-electron chi connectivity index (χ4n) is 3.69. The van der Waals surface area contributed by atoms with Crippen molar-refractivity contribution in [3.05, 3.63) is 64.5 Å². The van der Waals surface area contributed by atoms with Crippen LogP contribution in [0.15, 0.2) is 48.7 Å². The van der Waals surface area contributed by atoms with Crippen LogP contribution in [-0.2, 0) is 24.3 Å². The summed E-state index contributed by atoms with van der Waals surface area (Å²) in [5.41, 5.74) is 2.79. The molecule has 4 rings (SSSR count). The average Bonchev–Trinajstić information content (AvgIpc) is 3.30. The Morgan fingerprint density at radius 2 is 1.97 bits per heavy atom. The van der Waals surface area contributed by atoms with E-state index in [9.17, 15) is 4.79 Å². The van der Waals surface area contributed by atoms with E-state index in [-0.39, 0.29) is 12.5 Å². The minimum absolute atomic E-state index is 0.0693. The highest BCUT2D eigenvalue weighted by Crippen LogP contribution is 2.30. The average molecular weight is 431 g/mol. The molecule has 0 spiro atoms. The van der Waals surface area contributed by atoms with Gasteiger partial charge in [-0.3, -0.25) is 4.79 Å². The van der Waals surface area contributed by atoms with E-state index in [1.807, 2.05) is 54.1 Å². The van der Waals surface area contributed by atoms with Crippen LogP contribution in [0.5, 0.6) is 5.75 Å². The van der Waals surface area contributed by atoms with E-state index >= 15 is 0 Å². The van der Waals surface area contributed by atoms with E-state index in [1.165, 1.54) is 0 Å². The van der Waals surface area contributed by atoms with Crippen molar-refractivity contribution in [2.24, 2.45) is 0 Å². The Morgan fingerprint density at radius 3 is 2.69 bits per heavy atom. The summed E-state index contributed by atoms with van der Waals surface area (Å²) < 4.78 is 9.71. The Labute approximate surface area is 179 Å². The number of benzene rings is 2. The summed E-state index contributed by atoms with van der Waals surface area (Å²) in [6.45, 7) is 3.74. The normalized spacial score (nSPS) is 12.7. The first-order valence-corrected chi connectivity index (χ1v) is 10.4. The van der Waals surface area contributed by atoms with Crippen LogP contribution in [0.1, 0.15) is 19.2 Å². The molecule has 5 nitrogen and oxygen atoms in total. The van der Waals surface area contributed by atoms with Crippen LogP contribution < -0.4 is 14.6 Å². The van der Waals surface area contributed by atoms with Crippen molar-refractivity contribution in [2.45, 2.75) is 32.9 Å². The molecule has 0 bridgehead atoms. The minimum atomic E-state index is -0.0693. The number of nitrogens with zero attached hydrogens (tertiary/aromatic N) is 2. The van der Waals surface area contributed by atoms with Crippen molar-refractivity contribution in [3.63, 3.8) is 0 Å². The monoisotopic (exact) mass is 430 g/mol. The van der Waals surface area contributed by atoms with Crippen LogP contribution in [-0.4, -0.2) is 17.1 Å². The molecule has 1 aliphatic rings. The van der Waals surface area contributed by atoms with E-state index in [0.717, 1.165) is 47.9 Å². The van der Waals surface area contributed by atoms with Crippen LogP contribution in [0, 0.1) is 0 Å². The van der Waals surface area contributed by atoms with Gasteiger partial charge in [-0.25, -0.2) is 9.13 Å². The lowest BCUT2D eigenvalue weighted by molar-refractivity contribution is -0.690. The number of ether oxygens (including phenoxy) is 1. The molecular formula is C22H22Cl2N3O2+. The van der Waals surface area contributed by atoms with Gasteiger partial charge in [-0.1, -0.05) is 23.2 Å². The quantitative estimate of drug-likeness (QED) is 0.574. The number of fused-ring (bicyclic) bond motifs is 1. The summed E-state index contributed by atoms with van der Waals surface area (Å²) in [7, 11) is 0. The molecule has 0 fully saturated rings. The van der Waals surface area contributed by atoms with Crippen LogP contribution in [0.4, 0.5) is 5.69 Å². The molecule has 2 heterocycles. The number of hydrogen-bond donors (Lipinski definition) is 1. The fraction of sp³-hybridized carbons (Fsp3) is 0.273. The maximum atomic E-state index is 12.6. The second kappa shape index (κ2) is 8.47. The van der Waals surface area contributed by atoms with Crippen LogP contribution >= 0.6 is 23.2 Å². The zero-order valence-electron chi connectivity index (χ0n) is 16.1. The van der Waals surface area contributed by atoms with E-state index in [1.54, 1.807) is 6.07 Å². The second-order valence-electron chi connectivity index (χ2n) is 6.95. The van der Waals surface area contributed by atoms with Gasteiger partial charge in [0, 0.05) is 11.3 Å². The first-order valence-electron chi connectivity index (χ1n) is 9.65. The molecule has 0 radical (unpaired) electrons. The maximum Gasteiger partial charge on any atom is 0.266 e. The van der Waals surface area contributed by atoms with Crippen LogP contribution in [0.25, 0.3) is 11.3 Å². The van der Waals surface area contributed by atoms with Gasteiger partial charge in [0.05, 0.1) is 29.6 Å². The van der Waals surface area contributed by atoms with Gasteiger partial charge >= 0.3 is 0 Å². The van der Waals surface area contributed by atoms with Crippen molar-refractivity contribution in [3.8, 4) is 17.0 Å². The lowest BCUT2D eigenvalue weighted by Gasteiger charge is -2.06. The second-order valence-corrected chi connectivity index (χ2v) is 7.76. The van der Waals surface area contributed by atoms with Gasteiger partial charge in [-0.2, -0.15) is 0 Å². The van der Waals surface area contributed by atoms with E-state index in [4.69, 9.17) is 27.9 Å². The van der Waals surface area contributed by atoms with Crippen molar-refractivity contribution in [1.29, 1.82) is 0 Å². The van der Waals surface area contributed by atoms with E-state index in [0.29, 0.717) is 16.7 Å². The minimum Gasteiger partial charge on any atom is -0.494 e. The molecule has 3 aromatic rings. The van der Waals surface area contributed by atoms with Gasteiger partial charge in [0.2, 0.25) is 0 Å². The SMILES string of the molecule is CCOc1ccc(NC(=O)C[n+]2cc(-c3ccc(Cl)c(Cl)c3)n3c2CCC3)cc1. The molecule has 0 aliphatic carbocycles. The standard InChI is InChI=1S/C22H21Cl2N3O2/c1-2-29-17-8-6-16(7-9-17)25-21(28)14-26-13-20(27-11-3-4-22(26)27)15-5-10-18(23)19(24)12-15/h5-10,12-13H,2-4,11,14H2,1H3/p+1. The highest BCUT2D eigenvalue weighted by Gasteiger charge is 2.29. The number of amides is 1. The number of aromatic nitrogens is 2. The number of anilines is 1. The molecule has 1 N–H and O–H groups in total. The number of halogens is 2. The summed E-state index contributed by atoms with van der Waals surface area (Å²) >= 11 is 12.3. The first-order chi connectivity index (χ1) is 14.0. The van der Waals surface area contributed by atoms with Gasteiger partial charge in [-0.05, 0) is 55.8 Å². The molecule has 0 unspecified atom stereocenters. The van der Waals surface area contributed by atoms with Crippen molar-refractivity contribution < 1.29 is 14.1 Å². The largest absolute Gasteiger partial charge is 0.494 e. The predicted molar refractivity (Wildman–Crippen MR) is 115 cm³/mol. The van der Waals surface area contributed by atoms with Gasteiger partial charge in [0.25, 0.3) is 11.7 Å². The summed E-state index contributed by atoms with van der Waals surface area (Å²) in [6, 6.07) is 13.0. The lowest BCUT2D eigenvalue weighted by atomic mass is 10.1. The van der Waals surface area contributed by atoms with Gasteiger partial charge < -0.3 is 10.1 Å². The molecule has 1 aromatic heterocycles. The number of rotatable bonds is 6. The Kier molecular flexibility index (Phi) is 5.79. The molecule has 1 aliphatic heterocycles. The van der Waals surface area contributed by atoms with E-state index in [2.05, 4.69) is 9.88 Å². The third-order valence-corrected chi connectivity index (χ3v) is 5.71. The Hall–Kier alpha value is -2.50. The van der Waals surface area contributed by atoms with Crippen molar-refractivity contribution in [1.82, 2.24) is 4.57 Å². The summed E-state index contributed by atoms with van der Waals surface area (Å²) in [6.07, 6.45) is 4.02. The third kappa shape index (κ3) is 4.26. The fourth-order valence-corrected chi connectivity index (χ4v) is 3.99. The molecular weight excluding hydrogens is 409 g/mol. The summed E-state index contributed by atoms with van der Waals surface area (Å²) in [5, 5.41) is 4.01. The zero-order valence-corrected chi connectivity index (χ0v) is 17.6. The molecule has 1 amide bonds. The predicted octanol–water partition coefficient (Wildman–Crippen LogP) is 4.73. The Balaban J connectivity index is 1.53. The summed E-state index contributed by atoms with van der Waals surface area (Å²) in [4.78, 5) is 12.6. The molecule has 7 heteroatoms. The molecule has 150 valence electrons. The molecule has 29 heavy (non-hydrogen) atoms. The number of imidazole rings is 1. The van der Waals surface area contributed by atoms with Gasteiger partial charge in [-0.15, -0.1) is 0 Å². The highest BCUT2D eigenvalue weighted by molar-refractivity contribution is 6.42. The van der Waals surface area contributed by atoms with Crippen LogP contribution in [0.3, 0.4) is 0 Å². The number of carbonyl (C=O) groups is 1. The molecule has 0 saturated carbocycles. The number of carbonyl (C=O) groups excluding carboxylic acids is 1. The van der Waals surface area contributed by atoms with Crippen LogP contribution in [0.2, 0.25) is 10.0 Å². The van der Waals surface area contributed by atoms with Gasteiger partial charge in [0.15, 0.2) is 12.2 Å². The Morgan fingerprint density at radius 1 is 1.17 bits per heavy atom. The zero-order chi connectivity index (χ0) is 20.4. The maximum absolute atomic E-state index is 12.6.